The van der Waals surface area contributed by atoms with E-state index in [0.29, 0.717) is 5.88 Å². The van der Waals surface area contributed by atoms with Crippen molar-refractivity contribution in [3.8, 4) is 11.3 Å². The summed E-state index contributed by atoms with van der Waals surface area (Å²) >= 11 is 0. The lowest BCUT2D eigenvalue weighted by Crippen LogP contribution is -1.97. The molecule has 0 amide bonds. The van der Waals surface area contributed by atoms with Crippen LogP contribution in [0.15, 0.2) is 59.3 Å². The molecule has 0 saturated heterocycles. The van der Waals surface area contributed by atoms with Gasteiger partial charge < -0.3 is 10.3 Å². The maximum absolute atomic E-state index is 5.55. The molecule has 1 atom stereocenters. The van der Waals surface area contributed by atoms with Gasteiger partial charge in [-0.15, -0.1) is 0 Å². The Balaban J connectivity index is 0.000000847. The zero-order chi connectivity index (χ0) is 15.9. The summed E-state index contributed by atoms with van der Waals surface area (Å²) in [7, 11) is 0. The normalized spacial score (nSPS) is 11.4. The standard InChI is InChI=1S/C16H15N3O.C2H6/c1-11(15-9-16(17)20-19-15)13-7-8-14(18-10-13)12-5-3-2-4-6-12;1-2/h2-11H,17H2,1H3;1-2H3. The highest BCUT2D eigenvalue weighted by atomic mass is 16.5. The van der Waals surface area contributed by atoms with E-state index in [0.717, 1.165) is 22.5 Å². The van der Waals surface area contributed by atoms with Crippen LogP contribution in [0.3, 0.4) is 0 Å². The first-order chi connectivity index (χ1) is 10.7. The van der Waals surface area contributed by atoms with Gasteiger partial charge in [-0.3, -0.25) is 4.98 Å². The first-order valence-corrected chi connectivity index (χ1v) is 7.47. The Bertz CT molecular complexity index is 690. The van der Waals surface area contributed by atoms with E-state index >= 15 is 0 Å². The molecule has 0 saturated carbocycles. The van der Waals surface area contributed by atoms with Crippen LogP contribution in [0.25, 0.3) is 11.3 Å². The van der Waals surface area contributed by atoms with Gasteiger partial charge in [0.25, 0.3) is 0 Å². The van der Waals surface area contributed by atoms with Gasteiger partial charge in [0.15, 0.2) is 0 Å². The van der Waals surface area contributed by atoms with Crippen LogP contribution in [-0.2, 0) is 0 Å². The second kappa shape index (κ2) is 7.41. The second-order valence-corrected chi connectivity index (χ2v) is 4.72. The predicted octanol–water partition coefficient (Wildman–Crippen LogP) is 4.50. The Kier molecular flexibility index (Phi) is 5.31. The Labute approximate surface area is 131 Å². The maximum Gasteiger partial charge on any atom is 0.222 e. The van der Waals surface area contributed by atoms with E-state index in [9.17, 15) is 0 Å². The number of nitrogens with zero attached hydrogens (tertiary/aromatic N) is 2. The molecule has 0 aliphatic heterocycles. The summed E-state index contributed by atoms with van der Waals surface area (Å²) in [6.45, 7) is 6.05. The molecular weight excluding hydrogens is 274 g/mol. The number of nitrogen functional groups attached to an aromatic ring is 1. The summed E-state index contributed by atoms with van der Waals surface area (Å²) in [5.74, 6) is 0.439. The number of hydrogen-bond acceptors (Lipinski definition) is 4. The quantitative estimate of drug-likeness (QED) is 0.772. The summed E-state index contributed by atoms with van der Waals surface area (Å²) < 4.78 is 4.91. The molecule has 1 aromatic carbocycles. The van der Waals surface area contributed by atoms with E-state index in [1.807, 2.05) is 56.4 Å². The number of anilines is 1. The van der Waals surface area contributed by atoms with Gasteiger partial charge >= 0.3 is 0 Å². The van der Waals surface area contributed by atoms with Gasteiger partial charge in [0, 0.05) is 23.7 Å². The fourth-order valence-corrected chi connectivity index (χ4v) is 2.12. The van der Waals surface area contributed by atoms with Gasteiger partial charge in [0.1, 0.15) is 0 Å². The number of rotatable bonds is 3. The first kappa shape index (κ1) is 15.8. The summed E-state index contributed by atoms with van der Waals surface area (Å²) in [6, 6.07) is 15.9. The minimum Gasteiger partial charge on any atom is -0.368 e. The first-order valence-electron chi connectivity index (χ1n) is 7.47. The van der Waals surface area contributed by atoms with E-state index in [4.69, 9.17) is 10.3 Å². The Morgan fingerprint density at radius 2 is 1.77 bits per heavy atom. The van der Waals surface area contributed by atoms with Crippen LogP contribution in [0.2, 0.25) is 0 Å². The van der Waals surface area contributed by atoms with E-state index in [1.54, 1.807) is 6.07 Å². The number of hydrogen-bond donors (Lipinski definition) is 1. The molecule has 4 nitrogen and oxygen atoms in total. The summed E-state index contributed by atoms with van der Waals surface area (Å²) in [5, 5.41) is 3.94. The lowest BCUT2D eigenvalue weighted by atomic mass is 9.99. The van der Waals surface area contributed by atoms with Crippen LogP contribution in [0.4, 0.5) is 5.88 Å². The van der Waals surface area contributed by atoms with Gasteiger partial charge in [-0.1, -0.05) is 62.3 Å². The van der Waals surface area contributed by atoms with E-state index < -0.39 is 0 Å². The summed E-state index contributed by atoms with van der Waals surface area (Å²) in [4.78, 5) is 4.51. The third kappa shape index (κ3) is 3.52. The molecule has 3 rings (SSSR count). The van der Waals surface area contributed by atoms with Crippen molar-refractivity contribution < 1.29 is 4.52 Å². The van der Waals surface area contributed by atoms with Crippen LogP contribution in [0.5, 0.6) is 0 Å². The highest BCUT2D eigenvalue weighted by Gasteiger charge is 2.13. The highest BCUT2D eigenvalue weighted by molar-refractivity contribution is 5.58. The molecule has 0 aliphatic carbocycles. The van der Waals surface area contributed by atoms with Crippen molar-refractivity contribution in [1.29, 1.82) is 0 Å². The van der Waals surface area contributed by atoms with E-state index in [1.165, 1.54) is 0 Å². The third-order valence-electron chi connectivity index (χ3n) is 3.35. The summed E-state index contributed by atoms with van der Waals surface area (Å²) in [5.41, 5.74) is 9.52. The number of benzene rings is 1. The molecule has 0 spiro atoms. The van der Waals surface area contributed by atoms with Crippen molar-refractivity contribution in [2.75, 3.05) is 5.73 Å². The number of aromatic nitrogens is 2. The molecule has 0 fully saturated rings. The molecular formula is C18H21N3O. The fourth-order valence-electron chi connectivity index (χ4n) is 2.12. The lowest BCUT2D eigenvalue weighted by Gasteiger charge is -2.08. The second-order valence-electron chi connectivity index (χ2n) is 4.72. The van der Waals surface area contributed by atoms with Crippen molar-refractivity contribution >= 4 is 5.88 Å². The number of pyridine rings is 1. The lowest BCUT2D eigenvalue weighted by molar-refractivity contribution is 0.425. The SMILES string of the molecule is CC.CC(c1ccc(-c2ccccc2)nc1)c1cc(N)on1. The van der Waals surface area contributed by atoms with Crippen molar-refractivity contribution in [1.82, 2.24) is 10.1 Å². The van der Waals surface area contributed by atoms with Gasteiger partial charge in [-0.25, -0.2) is 0 Å². The van der Waals surface area contributed by atoms with Gasteiger partial charge in [-0.05, 0) is 11.6 Å². The zero-order valence-electron chi connectivity index (χ0n) is 13.2. The van der Waals surface area contributed by atoms with Gasteiger partial charge in [0.2, 0.25) is 5.88 Å². The molecule has 3 aromatic rings. The molecule has 2 aromatic heterocycles. The summed E-state index contributed by atoms with van der Waals surface area (Å²) in [6.07, 6.45) is 1.87. The molecule has 2 heterocycles. The van der Waals surface area contributed by atoms with Gasteiger partial charge in [0.05, 0.1) is 11.4 Å². The van der Waals surface area contributed by atoms with Crippen molar-refractivity contribution in [2.45, 2.75) is 26.7 Å². The average molecular weight is 295 g/mol. The van der Waals surface area contributed by atoms with Gasteiger partial charge in [-0.2, -0.15) is 0 Å². The molecule has 4 heteroatoms. The molecule has 0 aliphatic rings. The predicted molar refractivity (Wildman–Crippen MR) is 89.5 cm³/mol. The van der Waals surface area contributed by atoms with E-state index in [-0.39, 0.29) is 5.92 Å². The Morgan fingerprint density at radius 1 is 1.05 bits per heavy atom. The molecule has 0 radical (unpaired) electrons. The monoisotopic (exact) mass is 295 g/mol. The highest BCUT2D eigenvalue weighted by Crippen LogP contribution is 2.25. The van der Waals surface area contributed by atoms with Crippen molar-refractivity contribution in [2.24, 2.45) is 0 Å². The Hall–Kier alpha value is -2.62. The van der Waals surface area contributed by atoms with Crippen molar-refractivity contribution in [3.63, 3.8) is 0 Å². The molecule has 22 heavy (non-hydrogen) atoms. The van der Waals surface area contributed by atoms with Crippen LogP contribution < -0.4 is 5.73 Å². The molecule has 1 unspecified atom stereocenters. The molecule has 114 valence electrons. The maximum atomic E-state index is 5.55. The fraction of sp³-hybridized carbons (Fsp3) is 0.222. The minimum absolute atomic E-state index is 0.105. The van der Waals surface area contributed by atoms with Crippen molar-refractivity contribution in [3.05, 3.63) is 66.0 Å². The number of nitrogens with two attached hydrogens (primary N) is 1. The smallest absolute Gasteiger partial charge is 0.222 e. The van der Waals surface area contributed by atoms with Crippen LogP contribution in [0.1, 0.15) is 37.9 Å². The largest absolute Gasteiger partial charge is 0.368 e. The van der Waals surface area contributed by atoms with Crippen LogP contribution >= 0.6 is 0 Å². The van der Waals surface area contributed by atoms with Crippen LogP contribution in [0, 0.1) is 0 Å². The Morgan fingerprint density at radius 3 is 2.32 bits per heavy atom. The molecule has 2 N–H and O–H groups in total. The third-order valence-corrected chi connectivity index (χ3v) is 3.35. The average Bonchev–Trinajstić information content (AvgIpc) is 3.03. The minimum atomic E-state index is 0.105. The topological polar surface area (TPSA) is 64.9 Å². The van der Waals surface area contributed by atoms with E-state index in [2.05, 4.69) is 23.1 Å². The van der Waals surface area contributed by atoms with Crippen LogP contribution in [-0.4, -0.2) is 10.1 Å². The molecule has 0 bridgehead atoms. The zero-order valence-corrected chi connectivity index (χ0v) is 13.2.